The van der Waals surface area contributed by atoms with Crippen LogP contribution in [0.4, 0.5) is 17.1 Å². The van der Waals surface area contributed by atoms with Crippen LogP contribution in [-0.2, 0) is 11.2 Å². The number of anilines is 3. The number of halogens is 1. The van der Waals surface area contributed by atoms with Crippen LogP contribution in [-0.4, -0.2) is 18.4 Å². The molecule has 0 atom stereocenters. The summed E-state index contributed by atoms with van der Waals surface area (Å²) < 4.78 is 0. The first kappa shape index (κ1) is 18.3. The van der Waals surface area contributed by atoms with Gasteiger partial charge in [0, 0.05) is 35.1 Å². The van der Waals surface area contributed by atoms with Gasteiger partial charge in [0.2, 0.25) is 5.91 Å². The summed E-state index contributed by atoms with van der Waals surface area (Å²) in [6, 6.07) is 12.9. The van der Waals surface area contributed by atoms with Crippen LogP contribution >= 0.6 is 12.4 Å². The number of nitrogen functional groups attached to an aromatic ring is 1. The zero-order chi connectivity index (χ0) is 17.4. The molecule has 0 aromatic heterocycles. The van der Waals surface area contributed by atoms with Crippen molar-refractivity contribution in [1.29, 1.82) is 0 Å². The van der Waals surface area contributed by atoms with E-state index < -0.39 is 0 Å². The van der Waals surface area contributed by atoms with Gasteiger partial charge in [-0.1, -0.05) is 12.1 Å². The van der Waals surface area contributed by atoms with Crippen LogP contribution < -0.4 is 16.0 Å². The summed E-state index contributed by atoms with van der Waals surface area (Å²) in [6.45, 7) is 0.675. The van der Waals surface area contributed by atoms with Gasteiger partial charge in [0.25, 0.3) is 5.91 Å². The van der Waals surface area contributed by atoms with Crippen LogP contribution in [0.1, 0.15) is 35.2 Å². The molecule has 6 heteroatoms. The van der Waals surface area contributed by atoms with Gasteiger partial charge in [-0.05, 0) is 61.6 Å². The van der Waals surface area contributed by atoms with Crippen molar-refractivity contribution >= 4 is 41.3 Å². The quantitative estimate of drug-likeness (QED) is 0.809. The minimum absolute atomic E-state index is 0. The van der Waals surface area contributed by atoms with E-state index in [2.05, 4.69) is 5.32 Å². The topological polar surface area (TPSA) is 75.4 Å². The molecule has 0 radical (unpaired) electrons. The number of fused-ring (bicyclic) bond motifs is 1. The highest BCUT2D eigenvalue weighted by Gasteiger charge is 2.30. The summed E-state index contributed by atoms with van der Waals surface area (Å²) in [6.07, 6.45) is 3.70. The normalized spacial score (nSPS) is 15.6. The molecule has 1 fully saturated rings. The van der Waals surface area contributed by atoms with Gasteiger partial charge in [0.05, 0.1) is 0 Å². The van der Waals surface area contributed by atoms with Crippen molar-refractivity contribution < 1.29 is 9.59 Å². The lowest BCUT2D eigenvalue weighted by Crippen LogP contribution is -2.35. The molecule has 1 heterocycles. The predicted molar refractivity (Wildman–Crippen MR) is 106 cm³/mol. The summed E-state index contributed by atoms with van der Waals surface area (Å²) in [4.78, 5) is 26.8. The van der Waals surface area contributed by atoms with Crippen LogP contribution in [0.15, 0.2) is 42.5 Å². The lowest BCUT2D eigenvalue weighted by molar-refractivity contribution is -0.117. The molecule has 4 rings (SSSR count). The fourth-order valence-corrected chi connectivity index (χ4v) is 3.34. The van der Waals surface area contributed by atoms with E-state index in [4.69, 9.17) is 5.73 Å². The van der Waals surface area contributed by atoms with Crippen LogP contribution in [0.3, 0.4) is 0 Å². The molecule has 1 saturated carbocycles. The second kappa shape index (κ2) is 7.38. The molecule has 2 aliphatic rings. The zero-order valence-electron chi connectivity index (χ0n) is 14.4. The maximum absolute atomic E-state index is 13.0. The fraction of sp³-hybridized carbons (Fsp3) is 0.300. The van der Waals surface area contributed by atoms with Crippen molar-refractivity contribution in [2.24, 2.45) is 5.92 Å². The Labute approximate surface area is 159 Å². The van der Waals surface area contributed by atoms with E-state index in [0.29, 0.717) is 17.8 Å². The summed E-state index contributed by atoms with van der Waals surface area (Å²) in [5.41, 5.74) is 9.99. The van der Waals surface area contributed by atoms with Gasteiger partial charge in [-0.25, -0.2) is 0 Å². The van der Waals surface area contributed by atoms with Gasteiger partial charge in [-0.3, -0.25) is 9.59 Å². The van der Waals surface area contributed by atoms with Gasteiger partial charge in [0.1, 0.15) is 0 Å². The van der Waals surface area contributed by atoms with Crippen LogP contribution in [0.5, 0.6) is 0 Å². The Morgan fingerprint density at radius 1 is 1.12 bits per heavy atom. The third kappa shape index (κ3) is 3.53. The molecule has 2 amide bonds. The predicted octanol–water partition coefficient (Wildman–Crippen LogP) is 3.63. The molecule has 0 spiro atoms. The number of nitrogens with two attached hydrogens (primary N) is 1. The molecular weight excluding hydrogens is 350 g/mol. The van der Waals surface area contributed by atoms with Crippen LogP contribution in [0.25, 0.3) is 0 Å². The summed E-state index contributed by atoms with van der Waals surface area (Å²) in [5, 5.41) is 2.90. The molecule has 26 heavy (non-hydrogen) atoms. The van der Waals surface area contributed by atoms with Gasteiger partial charge in [-0.2, -0.15) is 0 Å². The fourth-order valence-electron chi connectivity index (χ4n) is 3.34. The number of nitrogens with zero attached hydrogens (tertiary/aromatic N) is 1. The maximum Gasteiger partial charge on any atom is 0.258 e. The Morgan fingerprint density at radius 3 is 2.65 bits per heavy atom. The number of nitrogens with one attached hydrogen (secondary N) is 1. The first-order valence-corrected chi connectivity index (χ1v) is 8.73. The van der Waals surface area contributed by atoms with E-state index in [9.17, 15) is 9.59 Å². The van der Waals surface area contributed by atoms with E-state index in [1.807, 2.05) is 24.3 Å². The molecule has 1 aliphatic carbocycles. The second-order valence-electron chi connectivity index (χ2n) is 6.75. The first-order valence-electron chi connectivity index (χ1n) is 8.73. The molecular formula is C20H22ClN3O2. The van der Waals surface area contributed by atoms with Crippen molar-refractivity contribution in [2.45, 2.75) is 25.7 Å². The van der Waals surface area contributed by atoms with Crippen molar-refractivity contribution in [2.75, 3.05) is 22.5 Å². The van der Waals surface area contributed by atoms with E-state index in [1.165, 1.54) is 0 Å². The highest BCUT2D eigenvalue weighted by atomic mass is 35.5. The first-order chi connectivity index (χ1) is 12.1. The SMILES string of the molecule is Cl.Nc1cccc2c1CCCN2C(=O)c1cccc(NC(=O)C2CC2)c1. The molecule has 1 aliphatic heterocycles. The summed E-state index contributed by atoms with van der Waals surface area (Å²) >= 11 is 0. The summed E-state index contributed by atoms with van der Waals surface area (Å²) in [5.74, 6) is 0.117. The Kier molecular flexibility index (Phi) is 5.18. The van der Waals surface area contributed by atoms with Crippen LogP contribution in [0, 0.1) is 5.92 Å². The highest BCUT2D eigenvalue weighted by Crippen LogP contribution is 2.33. The number of amides is 2. The summed E-state index contributed by atoms with van der Waals surface area (Å²) in [7, 11) is 0. The van der Waals surface area contributed by atoms with Crippen LogP contribution in [0.2, 0.25) is 0 Å². The number of benzene rings is 2. The average molecular weight is 372 g/mol. The standard InChI is InChI=1S/C20H21N3O2.ClH/c21-17-7-2-8-18-16(17)6-3-11-23(18)20(25)14-4-1-5-15(12-14)22-19(24)13-9-10-13;/h1-2,4-5,7-8,12-13H,3,6,9-11,21H2,(H,22,24);1H. The Balaban J connectivity index is 0.00000196. The molecule has 2 aromatic carbocycles. The van der Waals surface area contributed by atoms with Gasteiger partial charge < -0.3 is 16.0 Å². The Hall–Kier alpha value is -2.53. The third-order valence-electron chi connectivity index (χ3n) is 4.86. The minimum atomic E-state index is -0.0610. The van der Waals surface area contributed by atoms with Crippen molar-refractivity contribution in [3.8, 4) is 0 Å². The Bertz CT molecular complexity index is 849. The molecule has 0 unspecified atom stereocenters. The van der Waals surface area contributed by atoms with Gasteiger partial charge >= 0.3 is 0 Å². The lowest BCUT2D eigenvalue weighted by Gasteiger charge is -2.30. The van der Waals surface area contributed by atoms with Crippen molar-refractivity contribution in [3.63, 3.8) is 0 Å². The monoisotopic (exact) mass is 371 g/mol. The minimum Gasteiger partial charge on any atom is -0.398 e. The number of hydrogen-bond donors (Lipinski definition) is 2. The average Bonchev–Trinajstić information content (AvgIpc) is 3.46. The highest BCUT2D eigenvalue weighted by molar-refractivity contribution is 6.08. The van der Waals surface area contributed by atoms with E-state index in [1.54, 1.807) is 23.1 Å². The number of rotatable bonds is 3. The molecule has 2 aromatic rings. The third-order valence-corrected chi connectivity index (χ3v) is 4.86. The van der Waals surface area contributed by atoms with Crippen molar-refractivity contribution in [3.05, 3.63) is 53.6 Å². The number of hydrogen-bond acceptors (Lipinski definition) is 3. The molecule has 5 nitrogen and oxygen atoms in total. The molecule has 0 saturated heterocycles. The van der Waals surface area contributed by atoms with Gasteiger partial charge in [0.15, 0.2) is 0 Å². The molecule has 136 valence electrons. The molecule has 0 bridgehead atoms. The van der Waals surface area contributed by atoms with Gasteiger partial charge in [-0.15, -0.1) is 12.4 Å². The zero-order valence-corrected chi connectivity index (χ0v) is 15.2. The Morgan fingerprint density at radius 2 is 1.88 bits per heavy atom. The number of carbonyl (C=O) groups is 2. The largest absolute Gasteiger partial charge is 0.398 e. The smallest absolute Gasteiger partial charge is 0.258 e. The molecule has 3 N–H and O–H groups in total. The lowest BCUT2D eigenvalue weighted by atomic mass is 9.99. The number of carbonyl (C=O) groups excluding carboxylic acids is 2. The van der Waals surface area contributed by atoms with Crippen molar-refractivity contribution in [1.82, 2.24) is 0 Å². The van der Waals surface area contributed by atoms with E-state index in [-0.39, 0.29) is 30.1 Å². The maximum atomic E-state index is 13.0. The van der Waals surface area contributed by atoms with E-state index in [0.717, 1.165) is 42.6 Å². The van der Waals surface area contributed by atoms with E-state index >= 15 is 0 Å². The second-order valence-corrected chi connectivity index (χ2v) is 6.75.